The molecular weight excluding hydrogens is 291 g/mol. The molecule has 7 heteroatoms. The molecular formula is C9H7BrF3NO2. The van der Waals surface area contributed by atoms with E-state index < -0.39 is 17.6 Å². The molecule has 0 heterocycles. The zero-order chi connectivity index (χ0) is 12.3. The Morgan fingerprint density at radius 3 is 2.56 bits per heavy atom. The van der Waals surface area contributed by atoms with E-state index in [4.69, 9.17) is 0 Å². The van der Waals surface area contributed by atoms with Gasteiger partial charge in [0.1, 0.15) is 0 Å². The van der Waals surface area contributed by atoms with Gasteiger partial charge in [-0.2, -0.15) is 13.2 Å². The molecule has 0 saturated heterocycles. The second kappa shape index (κ2) is 4.84. The molecule has 0 aliphatic rings. The van der Waals surface area contributed by atoms with Crippen LogP contribution in [0.15, 0.2) is 22.7 Å². The summed E-state index contributed by atoms with van der Waals surface area (Å²) in [6, 6.07) is 2.79. The molecule has 0 unspecified atom stereocenters. The molecule has 0 radical (unpaired) electrons. The average molecular weight is 298 g/mol. The fraction of sp³-hybridized carbons (Fsp3) is 0.222. The highest BCUT2D eigenvalue weighted by atomic mass is 79.9. The lowest BCUT2D eigenvalue weighted by molar-refractivity contribution is -0.137. The topological polar surface area (TPSA) is 38.3 Å². The van der Waals surface area contributed by atoms with Crippen molar-refractivity contribution in [2.75, 3.05) is 7.11 Å². The smallest absolute Gasteiger partial charge is 0.277 e. The molecule has 0 spiro atoms. The van der Waals surface area contributed by atoms with Gasteiger partial charge in [0.2, 0.25) is 0 Å². The monoisotopic (exact) mass is 297 g/mol. The van der Waals surface area contributed by atoms with E-state index in [2.05, 4.69) is 20.8 Å². The summed E-state index contributed by atoms with van der Waals surface area (Å²) in [5, 5.41) is 0. The summed E-state index contributed by atoms with van der Waals surface area (Å²) >= 11 is 2.98. The van der Waals surface area contributed by atoms with Gasteiger partial charge < -0.3 is 0 Å². The van der Waals surface area contributed by atoms with Crippen molar-refractivity contribution in [1.82, 2.24) is 5.48 Å². The Bertz CT molecular complexity index is 406. The van der Waals surface area contributed by atoms with Gasteiger partial charge in [-0.15, -0.1) is 0 Å². The lowest BCUT2D eigenvalue weighted by Crippen LogP contribution is -2.22. The van der Waals surface area contributed by atoms with Crippen LogP contribution in [0.4, 0.5) is 13.2 Å². The third-order valence-corrected chi connectivity index (χ3v) is 2.42. The molecule has 0 aliphatic heterocycles. The number of amides is 1. The Kier molecular flexibility index (Phi) is 3.93. The maximum absolute atomic E-state index is 12.4. The van der Waals surface area contributed by atoms with Crippen molar-refractivity contribution in [3.8, 4) is 0 Å². The van der Waals surface area contributed by atoms with Crippen LogP contribution in [0.2, 0.25) is 0 Å². The summed E-state index contributed by atoms with van der Waals surface area (Å²) in [6.45, 7) is 0. The van der Waals surface area contributed by atoms with E-state index in [0.29, 0.717) is 0 Å². The van der Waals surface area contributed by atoms with Gasteiger partial charge in [-0.05, 0) is 34.1 Å². The first-order chi connectivity index (χ1) is 7.36. The SMILES string of the molecule is CONC(=O)c1cc(C(F)(F)F)ccc1Br. The highest BCUT2D eigenvalue weighted by Crippen LogP contribution is 2.31. The van der Waals surface area contributed by atoms with Crippen molar-refractivity contribution >= 4 is 21.8 Å². The minimum atomic E-state index is -4.48. The highest BCUT2D eigenvalue weighted by molar-refractivity contribution is 9.10. The van der Waals surface area contributed by atoms with Crippen molar-refractivity contribution < 1.29 is 22.8 Å². The minimum Gasteiger partial charge on any atom is -0.277 e. The fourth-order valence-corrected chi connectivity index (χ4v) is 1.45. The molecule has 16 heavy (non-hydrogen) atoms. The summed E-state index contributed by atoms with van der Waals surface area (Å²) in [4.78, 5) is 15.6. The van der Waals surface area contributed by atoms with E-state index in [1.54, 1.807) is 0 Å². The Balaban J connectivity index is 3.14. The van der Waals surface area contributed by atoms with Gasteiger partial charge in [-0.1, -0.05) is 0 Å². The van der Waals surface area contributed by atoms with E-state index >= 15 is 0 Å². The fourth-order valence-electron chi connectivity index (χ4n) is 1.02. The molecule has 3 nitrogen and oxygen atoms in total. The van der Waals surface area contributed by atoms with Gasteiger partial charge >= 0.3 is 6.18 Å². The lowest BCUT2D eigenvalue weighted by Gasteiger charge is -2.10. The number of hydroxylamine groups is 1. The van der Waals surface area contributed by atoms with E-state index in [1.165, 1.54) is 7.11 Å². The molecule has 1 rings (SSSR count). The molecule has 0 aromatic heterocycles. The third kappa shape index (κ3) is 2.96. The Labute approximate surface area is 97.7 Å². The molecule has 0 fully saturated rings. The predicted molar refractivity (Wildman–Crippen MR) is 53.6 cm³/mol. The molecule has 0 saturated carbocycles. The van der Waals surface area contributed by atoms with Gasteiger partial charge in [0, 0.05) is 4.47 Å². The molecule has 0 atom stereocenters. The van der Waals surface area contributed by atoms with Crippen LogP contribution < -0.4 is 5.48 Å². The van der Waals surface area contributed by atoms with E-state index in [0.717, 1.165) is 18.2 Å². The van der Waals surface area contributed by atoms with Gasteiger partial charge in [-0.3, -0.25) is 9.63 Å². The number of benzene rings is 1. The van der Waals surface area contributed by atoms with Crippen molar-refractivity contribution in [2.45, 2.75) is 6.18 Å². The van der Waals surface area contributed by atoms with Crippen LogP contribution in [0.25, 0.3) is 0 Å². The summed E-state index contributed by atoms with van der Waals surface area (Å²) < 4.78 is 37.4. The zero-order valence-corrected chi connectivity index (χ0v) is 9.65. The van der Waals surface area contributed by atoms with Crippen LogP contribution in [0, 0.1) is 0 Å². The normalized spacial score (nSPS) is 11.3. The van der Waals surface area contributed by atoms with E-state index in [-0.39, 0.29) is 10.0 Å². The number of hydrogen-bond donors (Lipinski definition) is 1. The van der Waals surface area contributed by atoms with Crippen LogP contribution >= 0.6 is 15.9 Å². The van der Waals surface area contributed by atoms with Crippen molar-refractivity contribution in [2.24, 2.45) is 0 Å². The minimum absolute atomic E-state index is 0.142. The first kappa shape index (κ1) is 13.0. The van der Waals surface area contributed by atoms with Crippen LogP contribution in [0.1, 0.15) is 15.9 Å². The number of rotatable bonds is 2. The van der Waals surface area contributed by atoms with Crippen LogP contribution in [-0.2, 0) is 11.0 Å². The number of carbonyl (C=O) groups is 1. The Morgan fingerprint density at radius 1 is 1.44 bits per heavy atom. The standard InChI is InChI=1S/C9H7BrF3NO2/c1-16-14-8(15)6-4-5(9(11,12)13)2-3-7(6)10/h2-4H,1H3,(H,14,15). The summed E-state index contributed by atoms with van der Waals surface area (Å²) in [7, 11) is 1.19. The number of carbonyl (C=O) groups excluding carboxylic acids is 1. The molecule has 0 aliphatic carbocycles. The van der Waals surface area contributed by atoms with Gasteiger partial charge in [0.05, 0.1) is 18.2 Å². The second-order valence-corrected chi connectivity index (χ2v) is 3.68. The van der Waals surface area contributed by atoms with E-state index in [1.807, 2.05) is 5.48 Å². The first-order valence-electron chi connectivity index (χ1n) is 4.06. The predicted octanol–water partition coefficient (Wildman–Crippen LogP) is 2.76. The zero-order valence-electron chi connectivity index (χ0n) is 8.06. The number of alkyl halides is 3. The van der Waals surface area contributed by atoms with Crippen molar-refractivity contribution in [3.63, 3.8) is 0 Å². The largest absolute Gasteiger partial charge is 0.416 e. The average Bonchev–Trinajstić information content (AvgIpc) is 2.16. The summed E-state index contributed by atoms with van der Waals surface area (Å²) in [5.74, 6) is -0.750. The highest BCUT2D eigenvalue weighted by Gasteiger charge is 2.31. The lowest BCUT2D eigenvalue weighted by atomic mass is 10.1. The van der Waals surface area contributed by atoms with Gasteiger partial charge in [0.15, 0.2) is 0 Å². The quantitative estimate of drug-likeness (QED) is 0.853. The van der Waals surface area contributed by atoms with E-state index in [9.17, 15) is 18.0 Å². The van der Waals surface area contributed by atoms with Gasteiger partial charge in [-0.25, -0.2) is 5.48 Å². The Morgan fingerprint density at radius 2 is 2.06 bits per heavy atom. The van der Waals surface area contributed by atoms with Crippen molar-refractivity contribution in [3.05, 3.63) is 33.8 Å². The summed E-state index contributed by atoms with van der Waals surface area (Å²) in [5.41, 5.74) is 0.911. The van der Waals surface area contributed by atoms with Crippen LogP contribution in [0.5, 0.6) is 0 Å². The third-order valence-electron chi connectivity index (χ3n) is 1.73. The van der Waals surface area contributed by atoms with Crippen LogP contribution in [0.3, 0.4) is 0 Å². The molecule has 1 aromatic rings. The molecule has 1 amide bonds. The van der Waals surface area contributed by atoms with Crippen LogP contribution in [-0.4, -0.2) is 13.0 Å². The number of hydrogen-bond acceptors (Lipinski definition) is 2. The number of nitrogens with one attached hydrogen (secondary N) is 1. The second-order valence-electron chi connectivity index (χ2n) is 2.83. The molecule has 1 N–H and O–H groups in total. The molecule has 88 valence electrons. The summed E-state index contributed by atoms with van der Waals surface area (Å²) in [6.07, 6.45) is -4.48. The Hall–Kier alpha value is -1.08. The maximum Gasteiger partial charge on any atom is 0.416 e. The molecule has 1 aromatic carbocycles. The maximum atomic E-state index is 12.4. The van der Waals surface area contributed by atoms with Crippen molar-refractivity contribution in [1.29, 1.82) is 0 Å². The van der Waals surface area contributed by atoms with Gasteiger partial charge in [0.25, 0.3) is 5.91 Å². The number of halogens is 4. The first-order valence-corrected chi connectivity index (χ1v) is 4.85. The molecule has 0 bridgehead atoms.